The third kappa shape index (κ3) is 20.8. The van der Waals surface area contributed by atoms with Gasteiger partial charge in [0, 0.05) is 51.1 Å². The average molecular weight is 542 g/mol. The molecule has 0 aromatic carbocycles. The highest BCUT2D eigenvalue weighted by molar-refractivity contribution is 5.79. The summed E-state index contributed by atoms with van der Waals surface area (Å²) >= 11 is 0. The minimum Gasteiger partial charge on any atom is -0.396 e. The Labute approximate surface area is 229 Å². The first-order valence-electron chi connectivity index (χ1n) is 14.1. The molecule has 38 heavy (non-hydrogen) atoms. The van der Waals surface area contributed by atoms with Crippen molar-refractivity contribution in [2.24, 2.45) is 0 Å². The van der Waals surface area contributed by atoms with Gasteiger partial charge >= 0.3 is 0 Å². The first kappa shape index (κ1) is 35.8. The number of terminal acetylenes is 1. The molecule has 0 spiro atoms. The fourth-order valence-electron chi connectivity index (χ4n) is 4.00. The van der Waals surface area contributed by atoms with Gasteiger partial charge in [-0.3, -0.25) is 14.4 Å². The van der Waals surface area contributed by atoms with Gasteiger partial charge in [-0.15, -0.1) is 6.42 Å². The van der Waals surface area contributed by atoms with Gasteiger partial charge in [0.1, 0.15) is 6.61 Å². The maximum atomic E-state index is 12.7. The summed E-state index contributed by atoms with van der Waals surface area (Å²) < 4.78 is 10.5. The van der Waals surface area contributed by atoms with Gasteiger partial charge in [0.25, 0.3) is 0 Å². The predicted molar refractivity (Wildman–Crippen MR) is 147 cm³/mol. The zero-order valence-corrected chi connectivity index (χ0v) is 23.4. The minimum atomic E-state index is -0.536. The van der Waals surface area contributed by atoms with Crippen molar-refractivity contribution < 1.29 is 34.1 Å². The molecule has 0 aromatic heterocycles. The molecule has 0 fully saturated rings. The van der Waals surface area contributed by atoms with Crippen molar-refractivity contribution in [3.8, 4) is 12.3 Å². The normalized spacial score (nSPS) is 12.4. The van der Waals surface area contributed by atoms with E-state index in [4.69, 9.17) is 21.0 Å². The van der Waals surface area contributed by atoms with E-state index in [2.05, 4.69) is 21.9 Å². The third-order valence-corrected chi connectivity index (χ3v) is 6.32. The molecule has 0 rings (SSSR count). The Kier molecular flexibility index (Phi) is 23.7. The zero-order chi connectivity index (χ0) is 28.3. The number of rotatable bonds is 26. The van der Waals surface area contributed by atoms with E-state index in [0.29, 0.717) is 65.0 Å². The van der Waals surface area contributed by atoms with E-state index in [-0.39, 0.29) is 56.8 Å². The highest BCUT2D eigenvalue weighted by Gasteiger charge is 2.30. The van der Waals surface area contributed by atoms with E-state index < -0.39 is 5.54 Å². The highest BCUT2D eigenvalue weighted by Crippen LogP contribution is 2.25. The predicted octanol–water partition coefficient (Wildman–Crippen LogP) is 1.82. The highest BCUT2D eigenvalue weighted by atomic mass is 16.5. The molecule has 10 nitrogen and oxygen atoms in total. The van der Waals surface area contributed by atoms with Crippen molar-refractivity contribution in [2.45, 2.75) is 95.9 Å². The van der Waals surface area contributed by atoms with E-state index in [9.17, 15) is 19.5 Å². The molecule has 220 valence electrons. The summed E-state index contributed by atoms with van der Waals surface area (Å²) in [6, 6.07) is 0. The SMILES string of the molecule is C#CCOCCOCCNC(=O)CCC(CC)(CCCCO)NC(=O)CCCC(=O)NCCCCCCO. The summed E-state index contributed by atoms with van der Waals surface area (Å²) in [5, 5.41) is 26.8. The molecule has 0 aliphatic rings. The lowest BCUT2D eigenvalue weighted by atomic mass is 9.84. The first-order chi connectivity index (χ1) is 18.4. The molecule has 3 amide bonds. The molecule has 0 aliphatic heterocycles. The molecule has 10 heteroatoms. The van der Waals surface area contributed by atoms with Crippen molar-refractivity contribution in [3.63, 3.8) is 0 Å². The largest absolute Gasteiger partial charge is 0.396 e. The molecule has 1 unspecified atom stereocenters. The standard InChI is InChI=1S/C28H51N3O7/c1-3-21-37-23-24-38-22-18-30-26(35)14-16-28(4-2,15-7-10-20-33)31-27(36)13-11-12-25(34)29-17-8-5-6-9-19-32/h1,32-33H,4-24H2,2H3,(H,29,34)(H,30,35)(H,31,36). The molecule has 0 saturated heterocycles. The zero-order valence-electron chi connectivity index (χ0n) is 23.4. The number of ether oxygens (including phenoxy) is 2. The molecule has 5 N–H and O–H groups in total. The number of hydrogen-bond acceptors (Lipinski definition) is 7. The summed E-state index contributed by atoms with van der Waals surface area (Å²) in [7, 11) is 0. The smallest absolute Gasteiger partial charge is 0.220 e. The number of carbonyl (C=O) groups is 3. The van der Waals surface area contributed by atoms with Gasteiger partial charge in [-0.25, -0.2) is 0 Å². The van der Waals surface area contributed by atoms with Crippen molar-refractivity contribution in [3.05, 3.63) is 0 Å². The Bertz CT molecular complexity index is 669. The molecule has 0 heterocycles. The second kappa shape index (κ2) is 25.1. The Morgan fingerprint density at radius 1 is 0.737 bits per heavy atom. The molecule has 0 saturated carbocycles. The summed E-state index contributed by atoms with van der Waals surface area (Å²) in [6.45, 7) is 4.68. The van der Waals surface area contributed by atoms with Crippen molar-refractivity contribution in [1.29, 1.82) is 0 Å². The third-order valence-electron chi connectivity index (χ3n) is 6.32. The van der Waals surface area contributed by atoms with Gasteiger partial charge in [0.05, 0.1) is 19.8 Å². The van der Waals surface area contributed by atoms with Crippen LogP contribution in [0.25, 0.3) is 0 Å². The Morgan fingerprint density at radius 3 is 2.08 bits per heavy atom. The molecule has 0 radical (unpaired) electrons. The average Bonchev–Trinajstić information content (AvgIpc) is 2.90. The topological polar surface area (TPSA) is 146 Å². The Hall–Kier alpha value is -2.19. The van der Waals surface area contributed by atoms with Gasteiger partial charge in [-0.1, -0.05) is 25.7 Å². The number of hydrogen-bond donors (Lipinski definition) is 5. The van der Waals surface area contributed by atoms with Crippen LogP contribution in [0.4, 0.5) is 0 Å². The molecular weight excluding hydrogens is 490 g/mol. The fourth-order valence-corrected chi connectivity index (χ4v) is 4.00. The van der Waals surface area contributed by atoms with Crippen molar-refractivity contribution >= 4 is 17.7 Å². The van der Waals surface area contributed by atoms with Crippen LogP contribution in [0.5, 0.6) is 0 Å². The van der Waals surface area contributed by atoms with Gasteiger partial charge in [0.2, 0.25) is 17.7 Å². The van der Waals surface area contributed by atoms with Crippen LogP contribution < -0.4 is 16.0 Å². The summed E-state index contributed by atoms with van der Waals surface area (Å²) in [4.78, 5) is 37.1. The molecule has 0 aliphatic carbocycles. The van der Waals surface area contributed by atoms with Gasteiger partial charge < -0.3 is 35.6 Å². The lowest BCUT2D eigenvalue weighted by molar-refractivity contribution is -0.126. The van der Waals surface area contributed by atoms with Crippen LogP contribution in [0.1, 0.15) is 90.4 Å². The van der Waals surface area contributed by atoms with Crippen LogP contribution >= 0.6 is 0 Å². The van der Waals surface area contributed by atoms with Gasteiger partial charge in [-0.2, -0.15) is 0 Å². The van der Waals surface area contributed by atoms with Crippen molar-refractivity contribution in [1.82, 2.24) is 16.0 Å². The van der Waals surface area contributed by atoms with Crippen LogP contribution in [0.2, 0.25) is 0 Å². The van der Waals surface area contributed by atoms with Crippen LogP contribution in [-0.4, -0.2) is 86.2 Å². The van der Waals surface area contributed by atoms with E-state index in [1.165, 1.54) is 0 Å². The summed E-state index contributed by atoms with van der Waals surface area (Å²) in [6.07, 6.45) is 13.1. The van der Waals surface area contributed by atoms with E-state index in [0.717, 1.165) is 32.1 Å². The quantitative estimate of drug-likeness (QED) is 0.0829. The van der Waals surface area contributed by atoms with E-state index in [1.807, 2.05) is 6.92 Å². The van der Waals surface area contributed by atoms with Gasteiger partial charge in [-0.05, 0) is 51.4 Å². The van der Waals surface area contributed by atoms with Crippen LogP contribution in [0, 0.1) is 12.3 Å². The number of aliphatic hydroxyl groups excluding tert-OH is 2. The first-order valence-corrected chi connectivity index (χ1v) is 14.1. The van der Waals surface area contributed by atoms with Gasteiger partial charge in [0.15, 0.2) is 0 Å². The van der Waals surface area contributed by atoms with Crippen LogP contribution in [0.3, 0.4) is 0 Å². The molecular formula is C28H51N3O7. The number of unbranched alkanes of at least 4 members (excludes halogenated alkanes) is 4. The second-order valence-electron chi connectivity index (χ2n) is 9.42. The Morgan fingerprint density at radius 2 is 1.37 bits per heavy atom. The van der Waals surface area contributed by atoms with E-state index in [1.54, 1.807) is 0 Å². The second-order valence-corrected chi connectivity index (χ2v) is 9.42. The van der Waals surface area contributed by atoms with Crippen molar-refractivity contribution in [2.75, 3.05) is 52.7 Å². The monoisotopic (exact) mass is 541 g/mol. The number of nitrogens with one attached hydrogen (secondary N) is 3. The number of carbonyl (C=O) groups excluding carboxylic acids is 3. The molecule has 0 aromatic rings. The minimum absolute atomic E-state index is 0.0644. The number of amides is 3. The van der Waals surface area contributed by atoms with Crippen LogP contribution in [0.15, 0.2) is 0 Å². The van der Waals surface area contributed by atoms with E-state index >= 15 is 0 Å². The summed E-state index contributed by atoms with van der Waals surface area (Å²) in [5.74, 6) is 2.07. The number of aliphatic hydroxyl groups is 2. The molecule has 1 atom stereocenters. The lowest BCUT2D eigenvalue weighted by Crippen LogP contribution is -2.49. The summed E-state index contributed by atoms with van der Waals surface area (Å²) in [5.41, 5.74) is -0.536. The maximum absolute atomic E-state index is 12.7. The lowest BCUT2D eigenvalue weighted by Gasteiger charge is -2.34. The molecule has 0 bridgehead atoms. The fraction of sp³-hybridized carbons (Fsp3) is 0.821. The Balaban J connectivity index is 4.42. The maximum Gasteiger partial charge on any atom is 0.220 e. The van der Waals surface area contributed by atoms with Crippen LogP contribution in [-0.2, 0) is 23.9 Å².